The number of aryl methyl sites for hydroxylation is 1. The van der Waals surface area contributed by atoms with Gasteiger partial charge in [-0.05, 0) is 42.6 Å². The fourth-order valence-corrected chi connectivity index (χ4v) is 2.35. The Labute approximate surface area is 120 Å². The molecule has 0 amide bonds. The van der Waals surface area contributed by atoms with Crippen LogP contribution in [-0.2, 0) is 12.8 Å². The maximum absolute atomic E-state index is 5.18. The molecule has 1 aromatic rings. The molecule has 1 aromatic carbocycles. The van der Waals surface area contributed by atoms with E-state index in [2.05, 4.69) is 47.0 Å². The van der Waals surface area contributed by atoms with Gasteiger partial charge in [0, 0.05) is 18.7 Å². The van der Waals surface area contributed by atoms with Crippen molar-refractivity contribution in [2.75, 3.05) is 6.54 Å². The van der Waals surface area contributed by atoms with E-state index in [9.17, 15) is 0 Å². The van der Waals surface area contributed by atoms with Crippen LogP contribution in [0.5, 0.6) is 0 Å². The van der Waals surface area contributed by atoms with Gasteiger partial charge in [0.2, 0.25) is 0 Å². The summed E-state index contributed by atoms with van der Waals surface area (Å²) in [6, 6.07) is 8.58. The average Bonchev–Trinajstić information content (AvgIpc) is 2.45. The molecule has 2 N–H and O–H groups in total. The topological polar surface area (TPSA) is 36.4 Å². The van der Waals surface area contributed by atoms with Gasteiger partial charge in [-0.15, -0.1) is 0 Å². The molecule has 3 nitrogen and oxygen atoms in total. The van der Waals surface area contributed by atoms with E-state index in [1.54, 1.807) is 0 Å². The number of hydrazone groups is 1. The highest BCUT2D eigenvalue weighted by atomic mass is 32.1. The van der Waals surface area contributed by atoms with Crippen molar-refractivity contribution in [3.8, 4) is 0 Å². The standard InChI is InChI=1S/C15H21N3S/c1-2-3-10-16-15(19)18-17-14-9-8-12-6-4-5-7-13(12)11-14/h4-7H,2-3,8-11H2,1H3,(H2,16,18,19)/b17-14-. The van der Waals surface area contributed by atoms with Gasteiger partial charge in [-0.25, -0.2) is 0 Å². The maximum Gasteiger partial charge on any atom is 0.186 e. The molecule has 0 aliphatic heterocycles. The fraction of sp³-hybridized carbons (Fsp3) is 0.467. The lowest BCUT2D eigenvalue weighted by molar-refractivity contribution is 0.743. The van der Waals surface area contributed by atoms with Crippen LogP contribution in [0.4, 0.5) is 0 Å². The molecule has 0 radical (unpaired) electrons. The van der Waals surface area contributed by atoms with Crippen molar-refractivity contribution in [1.82, 2.24) is 10.7 Å². The van der Waals surface area contributed by atoms with E-state index < -0.39 is 0 Å². The van der Waals surface area contributed by atoms with Crippen molar-refractivity contribution in [3.63, 3.8) is 0 Å². The van der Waals surface area contributed by atoms with Crippen LogP contribution >= 0.6 is 12.2 Å². The summed E-state index contributed by atoms with van der Waals surface area (Å²) in [5, 5.41) is 8.20. The van der Waals surface area contributed by atoms with Crippen molar-refractivity contribution >= 4 is 23.0 Å². The molecule has 0 heterocycles. The number of hydrogen-bond acceptors (Lipinski definition) is 2. The highest BCUT2D eigenvalue weighted by Crippen LogP contribution is 2.18. The molecule has 102 valence electrons. The van der Waals surface area contributed by atoms with Gasteiger partial charge in [-0.2, -0.15) is 5.10 Å². The number of hydrogen-bond donors (Lipinski definition) is 2. The zero-order chi connectivity index (χ0) is 13.5. The van der Waals surface area contributed by atoms with Crippen LogP contribution in [0.25, 0.3) is 0 Å². The molecule has 0 fully saturated rings. The van der Waals surface area contributed by atoms with E-state index in [1.807, 2.05) is 0 Å². The molecule has 0 atom stereocenters. The Morgan fingerprint density at radius 1 is 1.26 bits per heavy atom. The maximum atomic E-state index is 5.18. The minimum Gasteiger partial charge on any atom is -0.361 e. The molecule has 2 rings (SSSR count). The van der Waals surface area contributed by atoms with Crippen molar-refractivity contribution in [2.24, 2.45) is 5.10 Å². The number of thiocarbonyl (C=S) groups is 1. The Morgan fingerprint density at radius 3 is 2.84 bits per heavy atom. The highest BCUT2D eigenvalue weighted by Gasteiger charge is 2.13. The van der Waals surface area contributed by atoms with E-state index in [4.69, 9.17) is 12.2 Å². The van der Waals surface area contributed by atoms with Gasteiger partial charge in [0.05, 0.1) is 0 Å². The first kappa shape index (κ1) is 14.0. The van der Waals surface area contributed by atoms with Crippen molar-refractivity contribution in [1.29, 1.82) is 0 Å². The fourth-order valence-electron chi connectivity index (χ4n) is 2.20. The first-order valence-corrected chi connectivity index (χ1v) is 7.36. The zero-order valence-corrected chi connectivity index (χ0v) is 12.2. The smallest absolute Gasteiger partial charge is 0.186 e. The van der Waals surface area contributed by atoms with Crippen molar-refractivity contribution in [3.05, 3.63) is 35.4 Å². The number of benzene rings is 1. The second-order valence-corrected chi connectivity index (χ2v) is 5.25. The van der Waals surface area contributed by atoms with Crippen LogP contribution < -0.4 is 10.7 Å². The molecule has 4 heteroatoms. The molecule has 1 aliphatic carbocycles. The molecule has 1 aliphatic rings. The van der Waals surface area contributed by atoms with Crippen LogP contribution in [0.15, 0.2) is 29.4 Å². The Kier molecular flexibility index (Phi) is 5.33. The van der Waals surface area contributed by atoms with E-state index in [0.717, 1.165) is 32.2 Å². The number of nitrogens with one attached hydrogen (secondary N) is 2. The summed E-state index contributed by atoms with van der Waals surface area (Å²) in [6.45, 7) is 3.08. The zero-order valence-electron chi connectivity index (χ0n) is 11.4. The van der Waals surface area contributed by atoms with Gasteiger partial charge in [0.1, 0.15) is 0 Å². The summed E-state index contributed by atoms with van der Waals surface area (Å²) in [7, 11) is 0. The number of rotatable bonds is 4. The first-order chi connectivity index (χ1) is 9.29. The van der Waals surface area contributed by atoms with Crippen molar-refractivity contribution in [2.45, 2.75) is 39.0 Å². The quantitative estimate of drug-likeness (QED) is 0.504. The molecule has 0 unspecified atom stereocenters. The SMILES string of the molecule is CCCCNC(=S)N/N=C1/CCc2ccccc2C1. The Morgan fingerprint density at radius 2 is 2.05 bits per heavy atom. The molecule has 0 spiro atoms. The Hall–Kier alpha value is -1.42. The van der Waals surface area contributed by atoms with Crippen LogP contribution in [0.1, 0.15) is 37.3 Å². The van der Waals surface area contributed by atoms with Gasteiger partial charge >= 0.3 is 0 Å². The molecule has 0 bridgehead atoms. The van der Waals surface area contributed by atoms with Crippen molar-refractivity contribution < 1.29 is 0 Å². The van der Waals surface area contributed by atoms with Gasteiger partial charge in [-0.3, -0.25) is 5.43 Å². The van der Waals surface area contributed by atoms with Gasteiger partial charge in [0.25, 0.3) is 0 Å². The predicted octanol–water partition coefficient (Wildman–Crippen LogP) is 2.80. The Bertz CT molecular complexity index is 468. The minimum absolute atomic E-state index is 0.625. The van der Waals surface area contributed by atoms with Crippen LogP contribution in [0.2, 0.25) is 0 Å². The van der Waals surface area contributed by atoms with E-state index in [-0.39, 0.29) is 0 Å². The van der Waals surface area contributed by atoms with Crippen LogP contribution in [0, 0.1) is 0 Å². The second kappa shape index (κ2) is 7.24. The summed E-state index contributed by atoms with van der Waals surface area (Å²) in [5.74, 6) is 0. The lowest BCUT2D eigenvalue weighted by Gasteiger charge is -2.17. The van der Waals surface area contributed by atoms with Gasteiger partial charge in [-0.1, -0.05) is 37.6 Å². The number of unbranched alkanes of at least 4 members (excludes halogenated alkanes) is 1. The summed E-state index contributed by atoms with van der Waals surface area (Å²) in [4.78, 5) is 0. The highest BCUT2D eigenvalue weighted by molar-refractivity contribution is 7.80. The van der Waals surface area contributed by atoms with Crippen LogP contribution in [-0.4, -0.2) is 17.4 Å². The first-order valence-electron chi connectivity index (χ1n) is 6.95. The molecule has 19 heavy (non-hydrogen) atoms. The summed E-state index contributed by atoms with van der Waals surface area (Å²) < 4.78 is 0. The summed E-state index contributed by atoms with van der Waals surface area (Å²) >= 11 is 5.18. The third kappa shape index (κ3) is 4.31. The molecule has 0 saturated heterocycles. The number of nitrogens with zero attached hydrogens (tertiary/aromatic N) is 1. The lowest BCUT2D eigenvalue weighted by Crippen LogP contribution is -2.33. The third-order valence-corrected chi connectivity index (χ3v) is 3.56. The van der Waals surface area contributed by atoms with E-state index in [1.165, 1.54) is 23.3 Å². The lowest BCUT2D eigenvalue weighted by atomic mass is 9.90. The molecule has 0 saturated carbocycles. The van der Waals surface area contributed by atoms with Gasteiger partial charge < -0.3 is 5.32 Å². The molecule has 0 aromatic heterocycles. The normalized spacial score (nSPS) is 15.9. The average molecular weight is 275 g/mol. The second-order valence-electron chi connectivity index (χ2n) is 4.84. The molecular weight excluding hydrogens is 254 g/mol. The third-order valence-electron chi connectivity index (χ3n) is 3.33. The van der Waals surface area contributed by atoms with E-state index in [0.29, 0.717) is 5.11 Å². The summed E-state index contributed by atoms with van der Waals surface area (Å²) in [6.07, 6.45) is 5.32. The minimum atomic E-state index is 0.625. The largest absolute Gasteiger partial charge is 0.361 e. The predicted molar refractivity (Wildman–Crippen MR) is 84.5 cm³/mol. The summed E-state index contributed by atoms with van der Waals surface area (Å²) in [5.41, 5.74) is 6.97. The van der Waals surface area contributed by atoms with Crippen LogP contribution in [0.3, 0.4) is 0 Å². The van der Waals surface area contributed by atoms with Gasteiger partial charge in [0.15, 0.2) is 5.11 Å². The Balaban J connectivity index is 1.83. The van der Waals surface area contributed by atoms with E-state index >= 15 is 0 Å². The molecular formula is C15H21N3S. The number of fused-ring (bicyclic) bond motifs is 1. The monoisotopic (exact) mass is 275 g/mol.